The summed E-state index contributed by atoms with van der Waals surface area (Å²) in [6.45, 7) is 7.23. The van der Waals surface area contributed by atoms with Gasteiger partial charge in [0.2, 0.25) is 15.9 Å². The van der Waals surface area contributed by atoms with Crippen molar-refractivity contribution in [3.63, 3.8) is 0 Å². The first-order chi connectivity index (χ1) is 17.1. The Morgan fingerprint density at radius 2 is 1.50 bits per heavy atom. The number of aryl methyl sites for hydroxylation is 3. The molecule has 8 heteroatoms. The number of hydrogen-bond donors (Lipinski definition) is 1. The minimum Gasteiger partial charge on any atom is -0.466 e. The van der Waals surface area contributed by atoms with Crippen LogP contribution in [0.3, 0.4) is 0 Å². The van der Waals surface area contributed by atoms with Gasteiger partial charge >= 0.3 is 5.97 Å². The number of amides is 1. The molecule has 190 valence electrons. The van der Waals surface area contributed by atoms with E-state index in [9.17, 15) is 18.0 Å². The van der Waals surface area contributed by atoms with Gasteiger partial charge in [0.15, 0.2) is 0 Å². The zero-order valence-electron chi connectivity index (χ0n) is 21.1. The molecule has 0 saturated carbocycles. The molecule has 36 heavy (non-hydrogen) atoms. The summed E-state index contributed by atoms with van der Waals surface area (Å²) in [6.07, 6.45) is 0.139. The van der Waals surface area contributed by atoms with Gasteiger partial charge in [0.1, 0.15) is 0 Å². The number of ether oxygens (including phenoxy) is 1. The summed E-state index contributed by atoms with van der Waals surface area (Å²) in [5.41, 5.74) is 4.30. The van der Waals surface area contributed by atoms with Crippen LogP contribution < -0.4 is 5.32 Å². The predicted molar refractivity (Wildman–Crippen MR) is 140 cm³/mol. The van der Waals surface area contributed by atoms with E-state index in [0.29, 0.717) is 23.4 Å². The minimum absolute atomic E-state index is 0.0574. The van der Waals surface area contributed by atoms with Crippen molar-refractivity contribution < 1.29 is 22.7 Å². The van der Waals surface area contributed by atoms with Crippen LogP contribution in [-0.4, -0.2) is 37.8 Å². The van der Waals surface area contributed by atoms with Gasteiger partial charge in [-0.1, -0.05) is 60.2 Å². The van der Waals surface area contributed by atoms with Crippen molar-refractivity contribution in [2.75, 3.05) is 18.5 Å². The van der Waals surface area contributed by atoms with Crippen LogP contribution in [0, 0.1) is 20.8 Å². The fourth-order valence-electron chi connectivity index (χ4n) is 4.16. The molecule has 0 unspecified atom stereocenters. The van der Waals surface area contributed by atoms with Crippen molar-refractivity contribution in [2.24, 2.45) is 0 Å². The fraction of sp³-hybridized carbons (Fsp3) is 0.286. The highest BCUT2D eigenvalue weighted by Crippen LogP contribution is 2.26. The number of rotatable bonds is 10. The SMILES string of the molecule is CCOC(=O)Cc1ccc(NC(=O)CN(Cc2ccccc2)S(=O)(=O)c2c(C)cc(C)cc2C)cc1. The summed E-state index contributed by atoms with van der Waals surface area (Å²) in [5, 5.41) is 2.76. The molecule has 0 bridgehead atoms. The Morgan fingerprint density at radius 3 is 2.08 bits per heavy atom. The zero-order chi connectivity index (χ0) is 26.3. The van der Waals surface area contributed by atoms with Gasteiger partial charge in [0, 0.05) is 12.2 Å². The van der Waals surface area contributed by atoms with E-state index in [1.807, 2.05) is 49.4 Å². The molecule has 3 rings (SSSR count). The lowest BCUT2D eigenvalue weighted by molar-refractivity contribution is -0.142. The highest BCUT2D eigenvalue weighted by atomic mass is 32.2. The van der Waals surface area contributed by atoms with Gasteiger partial charge in [0.05, 0.1) is 24.5 Å². The first-order valence-electron chi connectivity index (χ1n) is 11.8. The number of nitrogens with zero attached hydrogens (tertiary/aromatic N) is 1. The molecule has 0 aliphatic rings. The molecule has 3 aromatic rings. The van der Waals surface area contributed by atoms with Gasteiger partial charge in [-0.05, 0) is 62.1 Å². The van der Waals surface area contributed by atoms with Crippen LogP contribution in [0.4, 0.5) is 5.69 Å². The first-order valence-corrected chi connectivity index (χ1v) is 13.2. The van der Waals surface area contributed by atoms with Crippen LogP contribution in [0.15, 0.2) is 71.6 Å². The molecule has 0 aromatic heterocycles. The Kier molecular flexibility index (Phi) is 9.01. The second kappa shape index (κ2) is 12.0. The Bertz CT molecular complexity index is 1300. The van der Waals surface area contributed by atoms with Gasteiger partial charge < -0.3 is 10.1 Å². The number of hydrogen-bond acceptors (Lipinski definition) is 5. The van der Waals surface area contributed by atoms with Gasteiger partial charge in [-0.2, -0.15) is 4.31 Å². The molecular formula is C28H32N2O5S. The summed E-state index contributed by atoms with van der Waals surface area (Å²) in [7, 11) is -3.97. The predicted octanol–water partition coefficient (Wildman–Crippen LogP) is 4.55. The molecule has 1 N–H and O–H groups in total. The van der Waals surface area contributed by atoms with Crippen LogP contribution in [-0.2, 0) is 37.3 Å². The number of esters is 1. The second-order valence-electron chi connectivity index (χ2n) is 8.71. The molecule has 0 aliphatic carbocycles. The lowest BCUT2D eigenvalue weighted by Gasteiger charge is -2.24. The minimum atomic E-state index is -3.97. The molecule has 1 amide bonds. The Labute approximate surface area is 213 Å². The van der Waals surface area contributed by atoms with E-state index in [0.717, 1.165) is 16.7 Å². The fourth-order valence-corrected chi connectivity index (χ4v) is 5.96. The van der Waals surface area contributed by atoms with Crippen LogP contribution in [0.1, 0.15) is 34.7 Å². The maximum Gasteiger partial charge on any atom is 0.310 e. The Morgan fingerprint density at radius 1 is 0.889 bits per heavy atom. The van der Waals surface area contributed by atoms with Crippen LogP contribution in [0.2, 0.25) is 0 Å². The third-order valence-electron chi connectivity index (χ3n) is 5.62. The second-order valence-corrected chi connectivity index (χ2v) is 10.6. The third kappa shape index (κ3) is 7.02. The lowest BCUT2D eigenvalue weighted by atomic mass is 10.1. The van der Waals surface area contributed by atoms with Crippen LogP contribution in [0.5, 0.6) is 0 Å². The quantitative estimate of drug-likeness (QED) is 0.406. The zero-order valence-corrected chi connectivity index (χ0v) is 21.9. The number of nitrogens with one attached hydrogen (secondary N) is 1. The molecule has 0 heterocycles. The van der Waals surface area contributed by atoms with E-state index in [2.05, 4.69) is 5.32 Å². The molecule has 0 spiro atoms. The number of benzene rings is 3. The number of anilines is 1. The monoisotopic (exact) mass is 508 g/mol. The van der Waals surface area contributed by atoms with Crippen molar-refractivity contribution in [3.05, 3.63) is 94.5 Å². The first kappa shape index (κ1) is 27.1. The molecule has 0 aliphatic heterocycles. The molecule has 3 aromatic carbocycles. The van der Waals surface area contributed by atoms with Crippen molar-refractivity contribution in [2.45, 2.75) is 45.6 Å². The summed E-state index contributed by atoms with van der Waals surface area (Å²) < 4.78 is 33.7. The number of carbonyl (C=O) groups is 2. The molecule has 0 saturated heterocycles. The van der Waals surface area contributed by atoms with Crippen molar-refractivity contribution >= 4 is 27.6 Å². The number of carbonyl (C=O) groups excluding carboxylic acids is 2. The maximum absolute atomic E-state index is 13.8. The Balaban J connectivity index is 1.82. The maximum atomic E-state index is 13.8. The van der Waals surface area contributed by atoms with Gasteiger partial charge in [-0.15, -0.1) is 0 Å². The summed E-state index contributed by atoms with van der Waals surface area (Å²) in [5.74, 6) is -0.784. The summed E-state index contributed by atoms with van der Waals surface area (Å²) >= 11 is 0. The van der Waals surface area contributed by atoms with Crippen LogP contribution >= 0.6 is 0 Å². The van der Waals surface area contributed by atoms with Crippen molar-refractivity contribution in [1.29, 1.82) is 0 Å². The molecule has 0 fully saturated rings. The summed E-state index contributed by atoms with van der Waals surface area (Å²) in [4.78, 5) is 24.9. The van der Waals surface area contributed by atoms with E-state index in [4.69, 9.17) is 4.74 Å². The standard InChI is InChI=1S/C28H32N2O5S/c1-5-35-27(32)17-23-11-13-25(14-12-23)29-26(31)19-30(18-24-9-7-6-8-10-24)36(33,34)28-21(3)15-20(2)16-22(28)4/h6-16H,5,17-19H2,1-4H3,(H,29,31). The van der Waals surface area contributed by atoms with E-state index >= 15 is 0 Å². The summed E-state index contributed by atoms with van der Waals surface area (Å²) in [6, 6.07) is 19.7. The third-order valence-corrected chi connectivity index (χ3v) is 7.71. The number of sulfonamides is 1. The molecule has 0 atom stereocenters. The van der Waals surface area contributed by atoms with Crippen molar-refractivity contribution in [1.82, 2.24) is 4.31 Å². The molecule has 0 radical (unpaired) electrons. The normalized spacial score (nSPS) is 11.4. The average Bonchev–Trinajstić information content (AvgIpc) is 2.80. The van der Waals surface area contributed by atoms with Gasteiger partial charge in [-0.25, -0.2) is 8.42 Å². The van der Waals surface area contributed by atoms with Crippen LogP contribution in [0.25, 0.3) is 0 Å². The highest BCUT2D eigenvalue weighted by Gasteiger charge is 2.30. The van der Waals surface area contributed by atoms with E-state index < -0.39 is 15.9 Å². The Hall–Kier alpha value is -3.49. The van der Waals surface area contributed by atoms with E-state index in [1.165, 1.54) is 4.31 Å². The van der Waals surface area contributed by atoms with E-state index in [-0.39, 0.29) is 30.4 Å². The average molecular weight is 509 g/mol. The smallest absolute Gasteiger partial charge is 0.310 e. The topological polar surface area (TPSA) is 92.8 Å². The van der Waals surface area contributed by atoms with E-state index in [1.54, 1.807) is 45.0 Å². The largest absolute Gasteiger partial charge is 0.466 e. The molecular weight excluding hydrogens is 476 g/mol. The molecule has 7 nitrogen and oxygen atoms in total. The van der Waals surface area contributed by atoms with Gasteiger partial charge in [0.25, 0.3) is 0 Å². The van der Waals surface area contributed by atoms with Crippen molar-refractivity contribution in [3.8, 4) is 0 Å². The van der Waals surface area contributed by atoms with Gasteiger partial charge in [-0.3, -0.25) is 9.59 Å². The highest BCUT2D eigenvalue weighted by molar-refractivity contribution is 7.89. The lowest BCUT2D eigenvalue weighted by Crippen LogP contribution is -2.38.